The molecule has 27 heavy (non-hydrogen) atoms. The van der Waals surface area contributed by atoms with Crippen molar-refractivity contribution in [2.75, 3.05) is 7.11 Å². The van der Waals surface area contributed by atoms with E-state index in [-0.39, 0.29) is 17.0 Å². The van der Waals surface area contributed by atoms with Gasteiger partial charge in [-0.25, -0.2) is 9.36 Å². The summed E-state index contributed by atoms with van der Waals surface area (Å²) in [7, 11) is 1.58. The van der Waals surface area contributed by atoms with Crippen LogP contribution in [0.4, 0.5) is 0 Å². The third kappa shape index (κ3) is 2.89. The molecule has 1 N–H and O–H groups in total. The lowest BCUT2D eigenvalue weighted by molar-refractivity contribution is 0.414. The zero-order chi connectivity index (χ0) is 18.8. The van der Waals surface area contributed by atoms with Crippen LogP contribution in [0, 0.1) is 0 Å². The van der Waals surface area contributed by atoms with Crippen LogP contribution in [0.1, 0.15) is 0 Å². The zero-order valence-corrected chi connectivity index (χ0v) is 14.7. The Hall–Kier alpha value is -3.73. The number of para-hydroxylation sites is 2. The van der Waals surface area contributed by atoms with Crippen LogP contribution >= 0.6 is 0 Å². The van der Waals surface area contributed by atoms with Crippen LogP contribution in [0.2, 0.25) is 0 Å². The number of aromatic hydroxyl groups is 1. The van der Waals surface area contributed by atoms with Crippen molar-refractivity contribution in [3.05, 3.63) is 95.3 Å². The smallest absolute Gasteiger partial charge is 0.283 e. The predicted octanol–water partition coefficient (Wildman–Crippen LogP) is 4.01. The van der Waals surface area contributed by atoms with Crippen LogP contribution in [0.25, 0.3) is 22.5 Å². The summed E-state index contributed by atoms with van der Waals surface area (Å²) in [5, 5.41) is 11.0. The molecule has 4 aromatic rings. The topological polar surface area (TPSA) is 56.4 Å². The lowest BCUT2D eigenvalue weighted by Gasteiger charge is -2.12. The van der Waals surface area contributed by atoms with E-state index in [1.165, 1.54) is 9.36 Å². The van der Waals surface area contributed by atoms with Gasteiger partial charge in [0.25, 0.3) is 5.56 Å². The second-order valence-electron chi connectivity index (χ2n) is 6.03. The van der Waals surface area contributed by atoms with Gasteiger partial charge in [-0.05, 0) is 42.0 Å². The first-order valence-corrected chi connectivity index (χ1v) is 8.53. The summed E-state index contributed by atoms with van der Waals surface area (Å²) in [5.74, 6) is 0.573. The van der Waals surface area contributed by atoms with Gasteiger partial charge in [0, 0.05) is 0 Å². The summed E-state index contributed by atoms with van der Waals surface area (Å²) in [4.78, 5) is 13.3. The maximum atomic E-state index is 13.3. The summed E-state index contributed by atoms with van der Waals surface area (Å²) in [5.41, 5.74) is 1.92. The molecule has 5 nitrogen and oxygen atoms in total. The molecule has 1 aromatic heterocycles. The Morgan fingerprint density at radius 1 is 0.741 bits per heavy atom. The van der Waals surface area contributed by atoms with Crippen molar-refractivity contribution in [3.8, 4) is 34.1 Å². The van der Waals surface area contributed by atoms with Gasteiger partial charge < -0.3 is 9.84 Å². The summed E-state index contributed by atoms with van der Waals surface area (Å²) in [6.07, 6.45) is 0. The molecule has 3 aromatic carbocycles. The summed E-state index contributed by atoms with van der Waals surface area (Å²) in [6.45, 7) is 0. The highest BCUT2D eigenvalue weighted by Crippen LogP contribution is 2.31. The minimum absolute atomic E-state index is 0.111. The first-order valence-electron chi connectivity index (χ1n) is 8.53. The van der Waals surface area contributed by atoms with Gasteiger partial charge in [-0.1, -0.05) is 48.5 Å². The number of methoxy groups -OCH3 is 1. The molecule has 0 atom stereocenters. The van der Waals surface area contributed by atoms with Crippen molar-refractivity contribution in [2.45, 2.75) is 0 Å². The Morgan fingerprint density at radius 3 is 1.78 bits per heavy atom. The number of hydrogen-bond acceptors (Lipinski definition) is 3. The quantitative estimate of drug-likeness (QED) is 0.600. The molecule has 1 heterocycles. The second-order valence-corrected chi connectivity index (χ2v) is 6.03. The van der Waals surface area contributed by atoms with Crippen LogP contribution in [0.5, 0.6) is 11.6 Å². The number of hydrogen-bond donors (Lipinski definition) is 1. The number of ether oxygens (including phenoxy) is 1. The van der Waals surface area contributed by atoms with Gasteiger partial charge in [-0.15, -0.1) is 0 Å². The summed E-state index contributed by atoms with van der Waals surface area (Å²) >= 11 is 0. The fourth-order valence-corrected chi connectivity index (χ4v) is 3.11. The highest BCUT2D eigenvalue weighted by molar-refractivity contribution is 5.70. The lowest BCUT2D eigenvalue weighted by Crippen LogP contribution is -2.20. The van der Waals surface area contributed by atoms with Crippen molar-refractivity contribution in [2.24, 2.45) is 0 Å². The van der Waals surface area contributed by atoms with Gasteiger partial charge in [0.15, 0.2) is 0 Å². The van der Waals surface area contributed by atoms with E-state index in [2.05, 4.69) is 0 Å². The highest BCUT2D eigenvalue weighted by atomic mass is 16.5. The zero-order valence-electron chi connectivity index (χ0n) is 14.7. The van der Waals surface area contributed by atoms with Gasteiger partial charge in [0.05, 0.1) is 18.5 Å². The van der Waals surface area contributed by atoms with Crippen molar-refractivity contribution >= 4 is 0 Å². The van der Waals surface area contributed by atoms with Gasteiger partial charge in [0.2, 0.25) is 5.88 Å². The molecule has 0 aliphatic heterocycles. The Labute approximate surface area is 156 Å². The molecule has 0 unspecified atom stereocenters. The summed E-state index contributed by atoms with van der Waals surface area (Å²) in [6, 6.07) is 25.6. The van der Waals surface area contributed by atoms with Gasteiger partial charge >= 0.3 is 0 Å². The van der Waals surface area contributed by atoms with E-state index in [9.17, 15) is 9.90 Å². The maximum absolute atomic E-state index is 13.3. The van der Waals surface area contributed by atoms with Gasteiger partial charge in [-0.2, -0.15) is 0 Å². The molecule has 5 heteroatoms. The second kappa shape index (κ2) is 6.88. The van der Waals surface area contributed by atoms with E-state index in [0.29, 0.717) is 22.7 Å². The molecular formula is C22H18N2O3. The largest absolute Gasteiger partial charge is 0.497 e. The average Bonchev–Trinajstić information content (AvgIpc) is 2.99. The normalized spacial score (nSPS) is 10.7. The number of aromatic nitrogens is 2. The number of rotatable bonds is 4. The van der Waals surface area contributed by atoms with Gasteiger partial charge in [-0.3, -0.25) is 4.79 Å². The van der Waals surface area contributed by atoms with Crippen molar-refractivity contribution in [3.63, 3.8) is 0 Å². The van der Waals surface area contributed by atoms with Crippen molar-refractivity contribution < 1.29 is 9.84 Å². The Kier molecular flexibility index (Phi) is 4.26. The molecule has 0 fully saturated rings. The molecule has 134 valence electrons. The highest BCUT2D eigenvalue weighted by Gasteiger charge is 2.23. The first kappa shape index (κ1) is 16.7. The lowest BCUT2D eigenvalue weighted by atomic mass is 10.1. The van der Waals surface area contributed by atoms with Crippen LogP contribution in [0.15, 0.2) is 89.7 Å². The Bertz CT molecular complexity index is 1110. The van der Waals surface area contributed by atoms with E-state index in [0.717, 1.165) is 0 Å². The summed E-state index contributed by atoms with van der Waals surface area (Å²) < 4.78 is 8.18. The van der Waals surface area contributed by atoms with E-state index in [4.69, 9.17) is 4.74 Å². The van der Waals surface area contributed by atoms with Gasteiger partial charge in [0.1, 0.15) is 11.3 Å². The molecule has 0 amide bonds. The maximum Gasteiger partial charge on any atom is 0.283 e. The van der Waals surface area contributed by atoms with Crippen molar-refractivity contribution in [1.82, 2.24) is 9.36 Å². The molecule has 0 aliphatic carbocycles. The van der Waals surface area contributed by atoms with E-state index >= 15 is 0 Å². The van der Waals surface area contributed by atoms with Crippen molar-refractivity contribution in [1.29, 1.82) is 0 Å². The number of benzene rings is 3. The average molecular weight is 358 g/mol. The predicted molar refractivity (Wildman–Crippen MR) is 105 cm³/mol. The molecular weight excluding hydrogens is 340 g/mol. The molecule has 0 spiro atoms. The van der Waals surface area contributed by atoms with Crippen LogP contribution in [-0.2, 0) is 0 Å². The number of nitrogens with zero attached hydrogens (tertiary/aromatic N) is 2. The standard InChI is InChI=1S/C22H18N2O3/c1-27-19-14-12-16(13-15-19)20-21(25)23(17-8-4-2-5-9-17)24(22(20)26)18-10-6-3-7-11-18/h2-15,25H,1H3. The molecule has 0 radical (unpaired) electrons. The third-order valence-electron chi connectivity index (χ3n) is 4.41. The van der Waals surface area contributed by atoms with E-state index < -0.39 is 0 Å². The molecule has 0 saturated carbocycles. The van der Waals surface area contributed by atoms with Crippen LogP contribution in [-0.4, -0.2) is 21.6 Å². The SMILES string of the molecule is COc1ccc(-c2c(O)n(-c3ccccc3)n(-c3ccccc3)c2=O)cc1. The monoisotopic (exact) mass is 358 g/mol. The minimum atomic E-state index is -0.298. The molecule has 0 aliphatic rings. The minimum Gasteiger partial charge on any atom is -0.497 e. The van der Waals surface area contributed by atoms with Crippen LogP contribution < -0.4 is 10.3 Å². The van der Waals surface area contributed by atoms with E-state index in [1.54, 1.807) is 31.4 Å². The first-order chi connectivity index (χ1) is 13.2. The third-order valence-corrected chi connectivity index (χ3v) is 4.41. The molecule has 0 saturated heterocycles. The molecule has 0 bridgehead atoms. The van der Waals surface area contributed by atoms with E-state index in [1.807, 2.05) is 60.7 Å². The fraction of sp³-hybridized carbons (Fsp3) is 0.0455. The van der Waals surface area contributed by atoms with Crippen LogP contribution in [0.3, 0.4) is 0 Å². The Morgan fingerprint density at radius 2 is 1.26 bits per heavy atom. The Balaban J connectivity index is 2.02. The fourth-order valence-electron chi connectivity index (χ4n) is 3.11. The molecule has 4 rings (SSSR count).